The van der Waals surface area contributed by atoms with Crippen LogP contribution in [0, 0.1) is 0 Å². The van der Waals surface area contributed by atoms with Crippen molar-refractivity contribution in [1.82, 2.24) is 0 Å². The Labute approximate surface area is 155 Å². The molecule has 0 spiro atoms. The zero-order chi connectivity index (χ0) is 19.4. The molecule has 0 saturated heterocycles. The van der Waals surface area contributed by atoms with Crippen molar-refractivity contribution >= 4 is 11.9 Å². The van der Waals surface area contributed by atoms with Crippen LogP contribution in [0.1, 0.15) is 74.1 Å². The van der Waals surface area contributed by atoms with Crippen molar-refractivity contribution in [2.45, 2.75) is 66.0 Å². The van der Waals surface area contributed by atoms with Crippen molar-refractivity contribution in [1.29, 1.82) is 0 Å². The molecule has 1 aromatic carbocycles. The Morgan fingerprint density at radius 2 is 1.27 bits per heavy atom. The molecule has 0 aromatic heterocycles. The van der Waals surface area contributed by atoms with Crippen LogP contribution in [0.4, 0.5) is 0 Å². The first-order valence-electron chi connectivity index (χ1n) is 9.23. The van der Waals surface area contributed by atoms with E-state index < -0.39 is 24.5 Å². The van der Waals surface area contributed by atoms with Gasteiger partial charge in [0.2, 0.25) is 0 Å². The van der Waals surface area contributed by atoms with Crippen LogP contribution in [0.15, 0.2) is 24.3 Å². The maximum Gasteiger partial charge on any atom is 0.340 e. The average molecular weight is 366 g/mol. The second kappa shape index (κ2) is 12.4. The molecule has 0 radical (unpaired) electrons. The summed E-state index contributed by atoms with van der Waals surface area (Å²) in [5.74, 6) is -1.09. The lowest BCUT2D eigenvalue weighted by molar-refractivity contribution is -0.0987. The maximum absolute atomic E-state index is 12.2. The monoisotopic (exact) mass is 366 g/mol. The highest BCUT2D eigenvalue weighted by Crippen LogP contribution is 2.11. The molecule has 0 N–H and O–H groups in total. The summed E-state index contributed by atoms with van der Waals surface area (Å²) in [6.07, 6.45) is 2.54. The number of carbonyl (C=O) groups excluding carboxylic acids is 2. The van der Waals surface area contributed by atoms with E-state index in [-0.39, 0.29) is 11.1 Å². The minimum absolute atomic E-state index is 0.268. The quantitative estimate of drug-likeness (QED) is 0.312. The molecule has 0 aliphatic rings. The molecular weight excluding hydrogens is 336 g/mol. The van der Waals surface area contributed by atoms with Crippen LogP contribution in [-0.2, 0) is 18.9 Å². The van der Waals surface area contributed by atoms with Crippen molar-refractivity contribution in [3.63, 3.8) is 0 Å². The Morgan fingerprint density at radius 1 is 0.846 bits per heavy atom. The van der Waals surface area contributed by atoms with Crippen LogP contribution in [0.2, 0.25) is 0 Å². The van der Waals surface area contributed by atoms with Gasteiger partial charge in [0, 0.05) is 0 Å². The Kier molecular flexibility index (Phi) is 10.6. The van der Waals surface area contributed by atoms with Gasteiger partial charge in [0.25, 0.3) is 0 Å². The molecular formula is C20H30O6. The van der Waals surface area contributed by atoms with Gasteiger partial charge in [0.05, 0.1) is 24.3 Å². The lowest BCUT2D eigenvalue weighted by Gasteiger charge is -2.15. The molecule has 0 aliphatic carbocycles. The topological polar surface area (TPSA) is 71.1 Å². The SMILES string of the molecule is CCCCOC(C)OC(=O)c1cccc(C(=O)OC(C)OCCCC)c1. The van der Waals surface area contributed by atoms with Crippen molar-refractivity contribution in [3.8, 4) is 0 Å². The zero-order valence-electron chi connectivity index (χ0n) is 16.2. The predicted octanol–water partition coefficient (Wildman–Crippen LogP) is 4.33. The highest BCUT2D eigenvalue weighted by atomic mass is 16.7. The highest BCUT2D eigenvalue weighted by molar-refractivity contribution is 5.95. The van der Waals surface area contributed by atoms with Gasteiger partial charge >= 0.3 is 11.9 Å². The van der Waals surface area contributed by atoms with E-state index >= 15 is 0 Å². The van der Waals surface area contributed by atoms with Gasteiger partial charge in [0.15, 0.2) is 12.6 Å². The van der Waals surface area contributed by atoms with Crippen LogP contribution in [0.3, 0.4) is 0 Å². The fourth-order valence-electron chi connectivity index (χ4n) is 2.07. The Hall–Kier alpha value is -1.92. The molecule has 146 valence electrons. The van der Waals surface area contributed by atoms with E-state index in [0.717, 1.165) is 25.7 Å². The minimum atomic E-state index is -0.642. The summed E-state index contributed by atoms with van der Waals surface area (Å²) in [4.78, 5) is 24.4. The maximum atomic E-state index is 12.2. The normalized spacial score (nSPS) is 13.1. The molecule has 2 atom stereocenters. The summed E-state index contributed by atoms with van der Waals surface area (Å²) < 4.78 is 21.3. The molecule has 0 heterocycles. The van der Waals surface area contributed by atoms with Gasteiger partial charge in [0.1, 0.15) is 0 Å². The number of hydrogen-bond donors (Lipinski definition) is 0. The second-order valence-corrected chi connectivity index (χ2v) is 5.98. The first-order valence-corrected chi connectivity index (χ1v) is 9.23. The van der Waals surface area contributed by atoms with Gasteiger partial charge in [-0.25, -0.2) is 9.59 Å². The minimum Gasteiger partial charge on any atom is -0.432 e. The summed E-state index contributed by atoms with van der Waals surface area (Å²) in [5.41, 5.74) is 0.537. The van der Waals surface area contributed by atoms with Crippen molar-refractivity contribution in [2.24, 2.45) is 0 Å². The standard InChI is InChI=1S/C20H30O6/c1-5-7-12-23-15(3)25-19(21)17-10-9-11-18(14-17)20(22)26-16(4)24-13-8-6-2/h9-11,14-16H,5-8,12-13H2,1-4H3. The van der Waals surface area contributed by atoms with Crippen molar-refractivity contribution in [3.05, 3.63) is 35.4 Å². The summed E-state index contributed by atoms with van der Waals surface area (Å²) in [7, 11) is 0. The molecule has 2 unspecified atom stereocenters. The number of unbranched alkanes of at least 4 members (excludes halogenated alkanes) is 2. The Balaban J connectivity index is 2.57. The first-order chi connectivity index (χ1) is 12.5. The number of carbonyl (C=O) groups is 2. The third-order valence-corrected chi connectivity index (χ3v) is 3.58. The van der Waals surface area contributed by atoms with Crippen molar-refractivity contribution < 1.29 is 28.5 Å². The van der Waals surface area contributed by atoms with E-state index in [1.165, 1.54) is 6.07 Å². The fraction of sp³-hybridized carbons (Fsp3) is 0.600. The van der Waals surface area contributed by atoms with E-state index in [9.17, 15) is 9.59 Å². The van der Waals surface area contributed by atoms with Crippen LogP contribution in [-0.4, -0.2) is 37.7 Å². The molecule has 6 nitrogen and oxygen atoms in total. The molecule has 26 heavy (non-hydrogen) atoms. The van der Waals surface area contributed by atoms with Crippen molar-refractivity contribution in [2.75, 3.05) is 13.2 Å². The average Bonchev–Trinajstić information content (AvgIpc) is 2.62. The molecule has 1 rings (SSSR count). The van der Waals surface area contributed by atoms with E-state index in [1.807, 2.05) is 0 Å². The lowest BCUT2D eigenvalue weighted by Crippen LogP contribution is -2.20. The van der Waals surface area contributed by atoms with Gasteiger partial charge in [-0.3, -0.25) is 0 Å². The largest absolute Gasteiger partial charge is 0.432 e. The Bertz CT molecular complexity index is 512. The molecule has 0 saturated carbocycles. The molecule has 6 heteroatoms. The van der Waals surface area contributed by atoms with E-state index in [2.05, 4.69) is 13.8 Å². The second-order valence-electron chi connectivity index (χ2n) is 5.98. The van der Waals surface area contributed by atoms with Gasteiger partial charge in [-0.1, -0.05) is 32.8 Å². The van der Waals surface area contributed by atoms with Gasteiger partial charge in [-0.2, -0.15) is 0 Å². The van der Waals surface area contributed by atoms with Gasteiger partial charge in [-0.15, -0.1) is 0 Å². The van der Waals surface area contributed by atoms with Crippen LogP contribution in [0.25, 0.3) is 0 Å². The Morgan fingerprint density at radius 3 is 1.65 bits per heavy atom. The number of hydrogen-bond acceptors (Lipinski definition) is 6. The van der Waals surface area contributed by atoms with Crippen LogP contribution < -0.4 is 0 Å². The third kappa shape index (κ3) is 8.45. The van der Waals surface area contributed by atoms with Gasteiger partial charge in [-0.05, 0) is 44.9 Å². The molecule has 0 bridgehead atoms. The summed E-state index contributed by atoms with van der Waals surface area (Å²) in [5, 5.41) is 0. The van der Waals surface area contributed by atoms with E-state index in [1.54, 1.807) is 32.0 Å². The molecule has 0 amide bonds. The third-order valence-electron chi connectivity index (χ3n) is 3.58. The number of ether oxygens (including phenoxy) is 4. The summed E-state index contributed by atoms with van der Waals surface area (Å²) >= 11 is 0. The van der Waals surface area contributed by atoms with Gasteiger partial charge < -0.3 is 18.9 Å². The molecule has 1 aromatic rings. The van der Waals surface area contributed by atoms with Crippen LogP contribution >= 0.6 is 0 Å². The summed E-state index contributed by atoms with van der Waals surface area (Å²) in [6, 6.07) is 6.22. The first kappa shape index (κ1) is 22.1. The predicted molar refractivity (Wildman–Crippen MR) is 97.9 cm³/mol. The lowest BCUT2D eigenvalue weighted by atomic mass is 10.1. The molecule has 0 fully saturated rings. The fourth-order valence-corrected chi connectivity index (χ4v) is 2.07. The smallest absolute Gasteiger partial charge is 0.340 e. The van der Waals surface area contributed by atoms with E-state index in [0.29, 0.717) is 13.2 Å². The number of benzene rings is 1. The highest BCUT2D eigenvalue weighted by Gasteiger charge is 2.17. The summed E-state index contributed by atoms with van der Waals surface area (Å²) in [6.45, 7) is 8.52. The zero-order valence-corrected chi connectivity index (χ0v) is 16.2. The molecule has 0 aliphatic heterocycles. The number of esters is 2. The van der Waals surface area contributed by atoms with Crippen LogP contribution in [0.5, 0.6) is 0 Å². The van der Waals surface area contributed by atoms with E-state index in [4.69, 9.17) is 18.9 Å². The number of rotatable bonds is 12.